The maximum absolute atomic E-state index is 11.9. The Kier molecular flexibility index (Phi) is 5.37. The van der Waals surface area contributed by atoms with Gasteiger partial charge in [0.05, 0.1) is 6.04 Å². The lowest BCUT2D eigenvalue weighted by Gasteiger charge is -2.09. The van der Waals surface area contributed by atoms with Gasteiger partial charge in [0, 0.05) is 19.4 Å². The number of benzene rings is 1. The van der Waals surface area contributed by atoms with Crippen molar-refractivity contribution in [3.8, 4) is 0 Å². The third kappa shape index (κ3) is 4.63. The van der Waals surface area contributed by atoms with Gasteiger partial charge >= 0.3 is 0 Å². The molecular weight excluding hydrogens is 292 g/mol. The minimum absolute atomic E-state index is 0.0425. The van der Waals surface area contributed by atoms with Crippen molar-refractivity contribution in [2.24, 2.45) is 0 Å². The van der Waals surface area contributed by atoms with E-state index in [4.69, 9.17) is 4.52 Å². The molecule has 6 nitrogen and oxygen atoms in total. The molecule has 2 heterocycles. The Balaban J connectivity index is 1.39. The van der Waals surface area contributed by atoms with Crippen LogP contribution in [0.2, 0.25) is 0 Å². The van der Waals surface area contributed by atoms with Gasteiger partial charge in [0.25, 0.3) is 0 Å². The van der Waals surface area contributed by atoms with Crippen LogP contribution in [0.3, 0.4) is 0 Å². The van der Waals surface area contributed by atoms with Crippen LogP contribution in [0.25, 0.3) is 0 Å². The number of amides is 1. The lowest BCUT2D eigenvalue weighted by atomic mass is 10.1. The third-order valence-electron chi connectivity index (χ3n) is 4.01. The molecule has 2 N–H and O–H groups in total. The fourth-order valence-corrected chi connectivity index (χ4v) is 2.72. The first kappa shape index (κ1) is 15.7. The summed E-state index contributed by atoms with van der Waals surface area (Å²) in [5.74, 6) is 1.35. The number of hydrogen-bond donors (Lipinski definition) is 2. The van der Waals surface area contributed by atoms with Gasteiger partial charge in [-0.2, -0.15) is 4.98 Å². The summed E-state index contributed by atoms with van der Waals surface area (Å²) in [6.07, 6.45) is 4.19. The van der Waals surface area contributed by atoms with E-state index in [0.717, 1.165) is 32.2 Å². The van der Waals surface area contributed by atoms with Crippen LogP contribution in [0, 0.1) is 0 Å². The number of aromatic nitrogens is 2. The monoisotopic (exact) mass is 314 g/mol. The Morgan fingerprint density at radius 2 is 2.13 bits per heavy atom. The molecule has 0 saturated carbocycles. The van der Waals surface area contributed by atoms with Crippen LogP contribution >= 0.6 is 0 Å². The molecule has 1 aliphatic rings. The maximum atomic E-state index is 11.9. The maximum Gasteiger partial charge on any atom is 0.237 e. The van der Waals surface area contributed by atoms with E-state index in [2.05, 4.69) is 32.9 Å². The summed E-state index contributed by atoms with van der Waals surface area (Å²) in [4.78, 5) is 16.2. The number of carbonyl (C=O) groups excluding carboxylic acids is 1. The van der Waals surface area contributed by atoms with Crippen LogP contribution < -0.4 is 10.6 Å². The van der Waals surface area contributed by atoms with Crippen molar-refractivity contribution in [2.75, 3.05) is 13.1 Å². The van der Waals surface area contributed by atoms with Crippen LogP contribution in [0.4, 0.5) is 0 Å². The Labute approximate surface area is 135 Å². The Morgan fingerprint density at radius 3 is 2.91 bits per heavy atom. The predicted molar refractivity (Wildman–Crippen MR) is 85.9 cm³/mol. The topological polar surface area (TPSA) is 80.1 Å². The van der Waals surface area contributed by atoms with Crippen LogP contribution in [0.1, 0.15) is 30.1 Å². The number of nitrogens with zero attached hydrogens (tertiary/aromatic N) is 2. The summed E-state index contributed by atoms with van der Waals surface area (Å²) < 4.78 is 5.23. The normalized spacial score (nSPS) is 17.3. The van der Waals surface area contributed by atoms with Gasteiger partial charge in [-0.3, -0.25) is 4.79 Å². The molecule has 122 valence electrons. The Bertz CT molecular complexity index is 621. The summed E-state index contributed by atoms with van der Waals surface area (Å²) in [5.41, 5.74) is 1.26. The second-order valence-corrected chi connectivity index (χ2v) is 5.78. The van der Waals surface area contributed by atoms with Crippen LogP contribution in [-0.2, 0) is 24.1 Å². The molecule has 1 fully saturated rings. The van der Waals surface area contributed by atoms with Gasteiger partial charge in [0.15, 0.2) is 5.82 Å². The van der Waals surface area contributed by atoms with Crippen molar-refractivity contribution in [1.29, 1.82) is 0 Å². The number of aryl methyl sites for hydroxylation is 2. The summed E-state index contributed by atoms with van der Waals surface area (Å²) >= 11 is 0. The molecule has 1 saturated heterocycles. The van der Waals surface area contributed by atoms with Crippen LogP contribution in [0.15, 0.2) is 34.9 Å². The summed E-state index contributed by atoms with van der Waals surface area (Å²) in [7, 11) is 0. The van der Waals surface area contributed by atoms with Gasteiger partial charge in [0.2, 0.25) is 11.8 Å². The van der Waals surface area contributed by atoms with Crippen molar-refractivity contribution in [2.45, 2.75) is 38.1 Å². The van der Waals surface area contributed by atoms with Crippen molar-refractivity contribution in [3.05, 3.63) is 47.6 Å². The molecular formula is C17H22N4O2. The van der Waals surface area contributed by atoms with E-state index in [1.807, 2.05) is 18.2 Å². The zero-order chi connectivity index (χ0) is 15.9. The number of hydrogen-bond acceptors (Lipinski definition) is 5. The fourth-order valence-electron chi connectivity index (χ4n) is 2.72. The summed E-state index contributed by atoms with van der Waals surface area (Å²) in [5, 5.41) is 10.1. The zero-order valence-corrected chi connectivity index (χ0v) is 13.1. The highest BCUT2D eigenvalue weighted by atomic mass is 16.5. The molecule has 1 aromatic carbocycles. The molecule has 1 aromatic heterocycles. The molecule has 6 heteroatoms. The second-order valence-electron chi connectivity index (χ2n) is 5.78. The highest BCUT2D eigenvalue weighted by Crippen LogP contribution is 2.06. The lowest BCUT2D eigenvalue weighted by molar-refractivity contribution is -0.122. The molecule has 1 aliphatic heterocycles. The number of carbonyl (C=O) groups is 1. The first-order valence-electron chi connectivity index (χ1n) is 8.18. The van der Waals surface area contributed by atoms with E-state index >= 15 is 0 Å². The minimum Gasteiger partial charge on any atom is -0.354 e. The average molecular weight is 314 g/mol. The minimum atomic E-state index is -0.0425. The van der Waals surface area contributed by atoms with Gasteiger partial charge in [0.1, 0.15) is 0 Å². The van der Waals surface area contributed by atoms with Gasteiger partial charge < -0.3 is 15.2 Å². The quantitative estimate of drug-likeness (QED) is 0.804. The Morgan fingerprint density at radius 1 is 1.26 bits per heavy atom. The van der Waals surface area contributed by atoms with Gasteiger partial charge in [-0.15, -0.1) is 0 Å². The SMILES string of the molecule is O=C(NCCc1nc(CCc2ccccc2)no1)C1CCCN1. The molecule has 0 aliphatic carbocycles. The number of rotatable bonds is 7. The molecule has 2 aromatic rings. The van der Waals surface area contributed by atoms with Gasteiger partial charge in [-0.25, -0.2) is 0 Å². The number of nitrogens with one attached hydrogen (secondary N) is 2. The molecule has 0 bridgehead atoms. The molecule has 0 spiro atoms. The van der Waals surface area contributed by atoms with E-state index in [1.165, 1.54) is 5.56 Å². The van der Waals surface area contributed by atoms with Crippen molar-refractivity contribution in [1.82, 2.24) is 20.8 Å². The van der Waals surface area contributed by atoms with E-state index in [-0.39, 0.29) is 11.9 Å². The third-order valence-corrected chi connectivity index (χ3v) is 4.01. The highest BCUT2D eigenvalue weighted by Gasteiger charge is 2.21. The first-order chi connectivity index (χ1) is 11.3. The molecule has 23 heavy (non-hydrogen) atoms. The van der Waals surface area contributed by atoms with Gasteiger partial charge in [-0.05, 0) is 31.4 Å². The first-order valence-corrected chi connectivity index (χ1v) is 8.18. The molecule has 3 rings (SSSR count). The van der Waals surface area contributed by atoms with E-state index in [1.54, 1.807) is 0 Å². The van der Waals surface area contributed by atoms with Crippen LogP contribution in [0.5, 0.6) is 0 Å². The fraction of sp³-hybridized carbons (Fsp3) is 0.471. The largest absolute Gasteiger partial charge is 0.354 e. The van der Waals surface area contributed by atoms with Crippen LogP contribution in [-0.4, -0.2) is 35.2 Å². The van der Waals surface area contributed by atoms with E-state index in [0.29, 0.717) is 24.7 Å². The Hall–Kier alpha value is -2.21. The van der Waals surface area contributed by atoms with E-state index < -0.39 is 0 Å². The molecule has 1 unspecified atom stereocenters. The predicted octanol–water partition coefficient (Wildman–Crippen LogP) is 1.27. The zero-order valence-electron chi connectivity index (χ0n) is 13.1. The second kappa shape index (κ2) is 7.87. The van der Waals surface area contributed by atoms with Crippen molar-refractivity contribution < 1.29 is 9.32 Å². The molecule has 1 amide bonds. The average Bonchev–Trinajstić information content (AvgIpc) is 3.26. The summed E-state index contributed by atoms with van der Waals surface area (Å²) in [6.45, 7) is 1.45. The standard InChI is InChI=1S/C17H22N4O2/c22-17(14-7-4-11-18-14)19-12-10-16-20-15(21-23-16)9-8-13-5-2-1-3-6-13/h1-3,5-6,14,18H,4,7-12H2,(H,19,22). The highest BCUT2D eigenvalue weighted by molar-refractivity contribution is 5.81. The summed E-state index contributed by atoms with van der Waals surface area (Å²) in [6, 6.07) is 10.2. The molecule has 1 atom stereocenters. The molecule has 0 radical (unpaired) electrons. The van der Waals surface area contributed by atoms with Crippen molar-refractivity contribution in [3.63, 3.8) is 0 Å². The lowest BCUT2D eigenvalue weighted by Crippen LogP contribution is -2.41. The van der Waals surface area contributed by atoms with Crippen molar-refractivity contribution >= 4 is 5.91 Å². The smallest absolute Gasteiger partial charge is 0.237 e. The van der Waals surface area contributed by atoms with E-state index in [9.17, 15) is 4.79 Å². The van der Waals surface area contributed by atoms with Gasteiger partial charge in [-0.1, -0.05) is 35.5 Å².